The Balaban J connectivity index is 1.75. The normalized spacial score (nSPS) is 11.1. The smallest absolute Gasteiger partial charge is 0.0969 e. The van der Waals surface area contributed by atoms with Crippen LogP contribution in [0.5, 0.6) is 0 Å². The molecule has 0 aliphatic rings. The summed E-state index contributed by atoms with van der Waals surface area (Å²) in [7, 11) is 1.68. The summed E-state index contributed by atoms with van der Waals surface area (Å²) in [4.78, 5) is 8.54. The lowest BCUT2D eigenvalue weighted by atomic mass is 10.2. The molecule has 21 heavy (non-hydrogen) atoms. The zero-order valence-corrected chi connectivity index (χ0v) is 11.7. The Labute approximate surface area is 122 Å². The fourth-order valence-corrected chi connectivity index (χ4v) is 1.99. The predicted octanol–water partition coefficient (Wildman–Crippen LogP) is 0.946. The number of fused-ring (bicyclic) bond motifs is 1. The Kier molecular flexibility index (Phi) is 4.13. The first-order chi connectivity index (χ1) is 10.4. The molecule has 0 atom stereocenters. The van der Waals surface area contributed by atoms with Gasteiger partial charge in [-0.2, -0.15) is 0 Å². The van der Waals surface area contributed by atoms with Crippen LogP contribution in [0.2, 0.25) is 0 Å². The van der Waals surface area contributed by atoms with Crippen LogP contribution in [0.3, 0.4) is 0 Å². The van der Waals surface area contributed by atoms with E-state index in [1.165, 1.54) is 0 Å². The zero-order chi connectivity index (χ0) is 14.5. The maximum absolute atomic E-state index is 4.98. The highest BCUT2D eigenvalue weighted by Gasteiger charge is 2.04. The second-order valence-electron chi connectivity index (χ2n) is 4.55. The highest BCUT2D eigenvalue weighted by molar-refractivity contribution is 5.76. The molecule has 2 aromatic heterocycles. The van der Waals surface area contributed by atoms with Crippen molar-refractivity contribution in [1.29, 1.82) is 0 Å². The summed E-state index contributed by atoms with van der Waals surface area (Å²) in [5.74, 6) is 0. The van der Waals surface area contributed by atoms with Gasteiger partial charge in [-0.15, -0.1) is 5.10 Å². The summed E-state index contributed by atoms with van der Waals surface area (Å²) in [5, 5.41) is 11.5. The number of methoxy groups -OCH3 is 1. The number of benzene rings is 1. The minimum absolute atomic E-state index is 0.663. The van der Waals surface area contributed by atoms with E-state index in [1.807, 2.05) is 24.4 Å². The molecule has 2 heterocycles. The average Bonchev–Trinajstić information content (AvgIpc) is 3.00. The third kappa shape index (κ3) is 3.21. The van der Waals surface area contributed by atoms with Gasteiger partial charge in [-0.25, -0.2) is 4.68 Å². The Morgan fingerprint density at radius 2 is 2.05 bits per heavy atom. The third-order valence-electron chi connectivity index (χ3n) is 3.05. The largest absolute Gasteiger partial charge is 0.383 e. The Hall–Kier alpha value is -2.38. The van der Waals surface area contributed by atoms with E-state index >= 15 is 0 Å². The van der Waals surface area contributed by atoms with Crippen molar-refractivity contribution in [1.82, 2.24) is 30.3 Å². The quantitative estimate of drug-likeness (QED) is 0.679. The van der Waals surface area contributed by atoms with E-state index in [1.54, 1.807) is 24.2 Å². The molecule has 1 aromatic carbocycles. The third-order valence-corrected chi connectivity index (χ3v) is 3.05. The highest BCUT2D eigenvalue weighted by atomic mass is 16.5. The van der Waals surface area contributed by atoms with Crippen LogP contribution in [-0.2, 0) is 11.3 Å². The molecule has 0 amide bonds. The molecule has 108 valence electrons. The topological polar surface area (TPSA) is 77.8 Å². The molecule has 7 heteroatoms. The predicted molar refractivity (Wildman–Crippen MR) is 78.0 cm³/mol. The molecule has 0 unspecified atom stereocenters. The fourth-order valence-electron chi connectivity index (χ4n) is 1.99. The number of hydrogen-bond acceptors (Lipinski definition) is 6. The lowest BCUT2D eigenvalue weighted by Crippen LogP contribution is -2.18. The molecular formula is C14H16N6O. The lowest BCUT2D eigenvalue weighted by molar-refractivity contribution is 0.199. The van der Waals surface area contributed by atoms with Crippen molar-refractivity contribution in [2.45, 2.75) is 6.54 Å². The fraction of sp³-hybridized carbons (Fsp3) is 0.286. The minimum Gasteiger partial charge on any atom is -0.383 e. The molecule has 0 saturated heterocycles. The number of nitrogens with zero attached hydrogens (tertiary/aromatic N) is 5. The van der Waals surface area contributed by atoms with E-state index in [2.05, 4.69) is 25.6 Å². The zero-order valence-electron chi connectivity index (χ0n) is 11.7. The first kappa shape index (κ1) is 13.6. The Bertz CT molecular complexity index is 726. The van der Waals surface area contributed by atoms with Crippen LogP contribution in [0.4, 0.5) is 0 Å². The van der Waals surface area contributed by atoms with Gasteiger partial charge < -0.3 is 10.1 Å². The highest BCUT2D eigenvalue weighted by Crippen LogP contribution is 2.14. The summed E-state index contributed by atoms with van der Waals surface area (Å²) in [6.07, 6.45) is 5.26. The molecule has 3 aromatic rings. The van der Waals surface area contributed by atoms with E-state index in [4.69, 9.17) is 4.74 Å². The molecule has 0 bridgehead atoms. The molecule has 0 aliphatic carbocycles. The molecule has 0 radical (unpaired) electrons. The van der Waals surface area contributed by atoms with E-state index in [0.29, 0.717) is 13.2 Å². The van der Waals surface area contributed by atoms with Gasteiger partial charge in [0.1, 0.15) is 0 Å². The van der Waals surface area contributed by atoms with Gasteiger partial charge in [-0.1, -0.05) is 5.21 Å². The van der Waals surface area contributed by atoms with Crippen LogP contribution < -0.4 is 5.32 Å². The van der Waals surface area contributed by atoms with Crippen LogP contribution in [0.15, 0.2) is 36.8 Å². The van der Waals surface area contributed by atoms with Gasteiger partial charge in [0.2, 0.25) is 0 Å². The maximum Gasteiger partial charge on any atom is 0.0969 e. The molecule has 0 saturated carbocycles. The van der Waals surface area contributed by atoms with E-state index in [-0.39, 0.29) is 0 Å². The molecule has 3 rings (SSSR count). The number of rotatable bonds is 6. The van der Waals surface area contributed by atoms with Crippen LogP contribution >= 0.6 is 0 Å². The van der Waals surface area contributed by atoms with Gasteiger partial charge in [-0.05, 0) is 18.2 Å². The molecule has 0 fully saturated rings. The summed E-state index contributed by atoms with van der Waals surface area (Å²) in [6.45, 7) is 2.13. The molecular weight excluding hydrogens is 268 g/mol. The second-order valence-corrected chi connectivity index (χ2v) is 4.55. The van der Waals surface area contributed by atoms with Crippen LogP contribution in [0.25, 0.3) is 16.7 Å². The minimum atomic E-state index is 0.663. The van der Waals surface area contributed by atoms with Crippen molar-refractivity contribution in [3.63, 3.8) is 0 Å². The molecule has 1 N–H and O–H groups in total. The van der Waals surface area contributed by atoms with Crippen molar-refractivity contribution in [2.75, 3.05) is 20.3 Å². The van der Waals surface area contributed by atoms with Crippen molar-refractivity contribution >= 4 is 11.0 Å². The van der Waals surface area contributed by atoms with Gasteiger partial charge in [-0.3, -0.25) is 9.97 Å². The van der Waals surface area contributed by atoms with Crippen LogP contribution in [0, 0.1) is 0 Å². The first-order valence-electron chi connectivity index (χ1n) is 6.69. The van der Waals surface area contributed by atoms with Crippen molar-refractivity contribution in [2.24, 2.45) is 0 Å². The van der Waals surface area contributed by atoms with E-state index < -0.39 is 0 Å². The van der Waals surface area contributed by atoms with Crippen molar-refractivity contribution in [3.05, 3.63) is 42.5 Å². The van der Waals surface area contributed by atoms with Gasteiger partial charge in [0, 0.05) is 32.6 Å². The van der Waals surface area contributed by atoms with Crippen LogP contribution in [-0.4, -0.2) is 45.2 Å². The van der Waals surface area contributed by atoms with E-state index in [9.17, 15) is 0 Å². The standard InChI is InChI=1S/C14H16N6O/c1-21-7-6-15-9-11-10-20(19-18-11)12-2-3-13-14(8-12)17-5-4-16-13/h2-5,8,10,15H,6-7,9H2,1H3. The number of aromatic nitrogens is 5. The second kappa shape index (κ2) is 6.38. The van der Waals surface area contributed by atoms with Gasteiger partial charge in [0.05, 0.1) is 35.2 Å². The van der Waals surface area contributed by atoms with Crippen molar-refractivity contribution < 1.29 is 4.74 Å². The number of hydrogen-bond donors (Lipinski definition) is 1. The van der Waals surface area contributed by atoms with Gasteiger partial charge in [0.25, 0.3) is 0 Å². The van der Waals surface area contributed by atoms with E-state index in [0.717, 1.165) is 29.0 Å². The SMILES string of the molecule is COCCNCc1cn(-c2ccc3nccnc3c2)nn1. The Morgan fingerprint density at radius 1 is 1.19 bits per heavy atom. The summed E-state index contributed by atoms with van der Waals surface area (Å²) < 4.78 is 6.72. The molecule has 0 spiro atoms. The van der Waals surface area contributed by atoms with Gasteiger partial charge in [0.15, 0.2) is 0 Å². The lowest BCUT2D eigenvalue weighted by Gasteiger charge is -2.02. The van der Waals surface area contributed by atoms with Crippen molar-refractivity contribution in [3.8, 4) is 5.69 Å². The van der Waals surface area contributed by atoms with Crippen LogP contribution in [0.1, 0.15) is 5.69 Å². The Morgan fingerprint density at radius 3 is 2.90 bits per heavy atom. The number of nitrogens with one attached hydrogen (secondary N) is 1. The van der Waals surface area contributed by atoms with Gasteiger partial charge >= 0.3 is 0 Å². The summed E-state index contributed by atoms with van der Waals surface area (Å²) in [6, 6.07) is 5.82. The maximum atomic E-state index is 4.98. The summed E-state index contributed by atoms with van der Waals surface area (Å²) >= 11 is 0. The monoisotopic (exact) mass is 284 g/mol. The molecule has 7 nitrogen and oxygen atoms in total. The average molecular weight is 284 g/mol. The first-order valence-corrected chi connectivity index (χ1v) is 6.69. The number of ether oxygens (including phenoxy) is 1. The molecule has 0 aliphatic heterocycles. The summed E-state index contributed by atoms with van der Waals surface area (Å²) in [5.41, 5.74) is 3.50.